The van der Waals surface area contributed by atoms with Gasteiger partial charge in [-0.05, 0) is 24.8 Å². The monoisotopic (exact) mass is 314 g/mol. The largest absolute Gasteiger partial charge is 0.381 e. The molecule has 6 heteroatoms. The van der Waals surface area contributed by atoms with E-state index in [1.54, 1.807) is 0 Å². The molecule has 0 saturated carbocycles. The van der Waals surface area contributed by atoms with E-state index in [9.17, 15) is 8.78 Å². The van der Waals surface area contributed by atoms with E-state index in [0.717, 1.165) is 37.9 Å². The van der Waals surface area contributed by atoms with E-state index in [0.29, 0.717) is 30.3 Å². The molecular weight excluding hydrogens is 298 g/mol. The normalized spacial score (nSPS) is 16.7. The van der Waals surface area contributed by atoms with Crippen molar-refractivity contribution in [2.45, 2.75) is 25.8 Å². The highest BCUT2D eigenvalue weighted by Crippen LogP contribution is 2.25. The Bertz CT molecular complexity index is 638. The van der Waals surface area contributed by atoms with Gasteiger partial charge in [0.2, 0.25) is 0 Å². The standard InChI is InChI=1S/C15H17ClF2N2O/c16-4-1-14-19-15-12(18)7-11(17)8-13(15)20(14)9-10-2-5-21-6-3-10/h7-8,10H,1-6,9H2. The van der Waals surface area contributed by atoms with Crippen molar-refractivity contribution in [2.75, 3.05) is 19.1 Å². The summed E-state index contributed by atoms with van der Waals surface area (Å²) in [5.74, 6) is 0.367. The minimum absolute atomic E-state index is 0.226. The predicted octanol–water partition coefficient (Wildman–Crippen LogP) is 3.52. The summed E-state index contributed by atoms with van der Waals surface area (Å²) in [6.45, 7) is 2.19. The molecule has 2 aromatic rings. The van der Waals surface area contributed by atoms with Crippen LogP contribution >= 0.6 is 11.6 Å². The Morgan fingerprint density at radius 2 is 2.05 bits per heavy atom. The number of fused-ring (bicyclic) bond motifs is 1. The average molecular weight is 315 g/mol. The van der Waals surface area contributed by atoms with Crippen molar-refractivity contribution < 1.29 is 13.5 Å². The van der Waals surface area contributed by atoms with Crippen LogP contribution in [0.25, 0.3) is 11.0 Å². The van der Waals surface area contributed by atoms with Crippen molar-refractivity contribution in [3.8, 4) is 0 Å². The van der Waals surface area contributed by atoms with Gasteiger partial charge in [0.25, 0.3) is 0 Å². The highest BCUT2D eigenvalue weighted by molar-refractivity contribution is 6.17. The van der Waals surface area contributed by atoms with Gasteiger partial charge in [-0.1, -0.05) is 0 Å². The third-order valence-corrected chi connectivity index (χ3v) is 4.14. The van der Waals surface area contributed by atoms with E-state index in [-0.39, 0.29) is 5.52 Å². The third-order valence-electron chi connectivity index (χ3n) is 3.95. The van der Waals surface area contributed by atoms with E-state index < -0.39 is 11.6 Å². The lowest BCUT2D eigenvalue weighted by molar-refractivity contribution is 0.0613. The van der Waals surface area contributed by atoms with Gasteiger partial charge in [-0.2, -0.15) is 0 Å². The molecule has 0 atom stereocenters. The molecule has 0 aliphatic carbocycles. The summed E-state index contributed by atoms with van der Waals surface area (Å²) in [6, 6.07) is 2.22. The molecule has 0 amide bonds. The molecule has 0 spiro atoms. The maximum absolute atomic E-state index is 13.9. The number of aromatic nitrogens is 2. The molecule has 1 aromatic carbocycles. The number of nitrogens with zero attached hydrogens (tertiary/aromatic N) is 2. The molecule has 1 saturated heterocycles. The van der Waals surface area contributed by atoms with Crippen molar-refractivity contribution in [3.05, 3.63) is 29.6 Å². The molecule has 1 aromatic heterocycles. The molecule has 0 unspecified atom stereocenters. The van der Waals surface area contributed by atoms with Crippen LogP contribution in [0.3, 0.4) is 0 Å². The maximum atomic E-state index is 13.9. The van der Waals surface area contributed by atoms with Gasteiger partial charge < -0.3 is 9.30 Å². The van der Waals surface area contributed by atoms with E-state index in [2.05, 4.69) is 4.98 Å². The average Bonchev–Trinajstić information content (AvgIpc) is 2.79. The van der Waals surface area contributed by atoms with E-state index in [1.165, 1.54) is 6.07 Å². The predicted molar refractivity (Wildman–Crippen MR) is 77.6 cm³/mol. The first-order valence-electron chi connectivity index (χ1n) is 7.17. The Morgan fingerprint density at radius 3 is 2.76 bits per heavy atom. The first-order chi connectivity index (χ1) is 10.2. The first-order valence-corrected chi connectivity index (χ1v) is 7.70. The summed E-state index contributed by atoms with van der Waals surface area (Å²) in [7, 11) is 0. The number of rotatable bonds is 4. The van der Waals surface area contributed by atoms with Gasteiger partial charge in [0.05, 0.1) is 5.52 Å². The molecule has 1 aliphatic heterocycles. The van der Waals surface area contributed by atoms with Crippen LogP contribution < -0.4 is 0 Å². The van der Waals surface area contributed by atoms with Gasteiger partial charge in [0, 0.05) is 38.1 Å². The maximum Gasteiger partial charge on any atom is 0.153 e. The molecule has 1 aliphatic rings. The van der Waals surface area contributed by atoms with Gasteiger partial charge in [-0.3, -0.25) is 0 Å². The Morgan fingerprint density at radius 1 is 1.29 bits per heavy atom. The number of hydrogen-bond donors (Lipinski definition) is 0. The van der Waals surface area contributed by atoms with Crippen LogP contribution in [0.5, 0.6) is 0 Å². The van der Waals surface area contributed by atoms with Crippen LogP contribution in [0.1, 0.15) is 18.7 Å². The fourth-order valence-corrected chi connectivity index (χ4v) is 3.03. The summed E-state index contributed by atoms with van der Waals surface area (Å²) in [4.78, 5) is 4.31. The summed E-state index contributed by atoms with van der Waals surface area (Å²) < 4.78 is 34.7. The second-order valence-corrected chi connectivity index (χ2v) is 5.77. The Hall–Kier alpha value is -1.20. The highest BCUT2D eigenvalue weighted by Gasteiger charge is 2.20. The number of aryl methyl sites for hydroxylation is 1. The number of hydrogen-bond acceptors (Lipinski definition) is 2. The zero-order chi connectivity index (χ0) is 14.8. The lowest BCUT2D eigenvalue weighted by atomic mass is 10.0. The van der Waals surface area contributed by atoms with Crippen LogP contribution in [-0.2, 0) is 17.7 Å². The van der Waals surface area contributed by atoms with E-state index >= 15 is 0 Å². The Kier molecular flexibility index (Phi) is 4.40. The summed E-state index contributed by atoms with van der Waals surface area (Å²) in [5, 5.41) is 0. The SMILES string of the molecule is Fc1cc(F)c2nc(CCCl)n(CC3CCOCC3)c2c1. The minimum Gasteiger partial charge on any atom is -0.381 e. The van der Waals surface area contributed by atoms with Crippen LogP contribution in [0.15, 0.2) is 12.1 Å². The van der Waals surface area contributed by atoms with E-state index in [4.69, 9.17) is 16.3 Å². The van der Waals surface area contributed by atoms with Gasteiger partial charge >= 0.3 is 0 Å². The fourth-order valence-electron chi connectivity index (χ4n) is 2.86. The van der Waals surface area contributed by atoms with Crippen molar-refractivity contribution in [1.82, 2.24) is 9.55 Å². The van der Waals surface area contributed by atoms with Crippen LogP contribution in [0, 0.1) is 17.6 Å². The molecule has 3 nitrogen and oxygen atoms in total. The smallest absolute Gasteiger partial charge is 0.153 e. The second kappa shape index (κ2) is 6.28. The molecule has 3 rings (SSSR count). The number of benzene rings is 1. The van der Waals surface area contributed by atoms with Crippen LogP contribution in [-0.4, -0.2) is 28.6 Å². The number of ether oxygens (including phenoxy) is 1. The summed E-state index contributed by atoms with van der Waals surface area (Å²) in [6.07, 6.45) is 2.45. The van der Waals surface area contributed by atoms with Crippen LogP contribution in [0.4, 0.5) is 8.78 Å². The second-order valence-electron chi connectivity index (χ2n) is 5.39. The molecule has 0 N–H and O–H groups in total. The summed E-state index contributed by atoms with van der Waals surface area (Å²) >= 11 is 5.81. The molecular formula is C15H17ClF2N2O. The first kappa shape index (κ1) is 14.7. The lowest BCUT2D eigenvalue weighted by Crippen LogP contribution is -2.21. The summed E-state index contributed by atoms with van der Waals surface area (Å²) in [5.41, 5.74) is 0.739. The number of alkyl halides is 1. The molecule has 0 bridgehead atoms. The van der Waals surface area contributed by atoms with Gasteiger partial charge in [0.15, 0.2) is 5.82 Å². The molecule has 1 fully saturated rings. The lowest BCUT2D eigenvalue weighted by Gasteiger charge is -2.23. The zero-order valence-corrected chi connectivity index (χ0v) is 12.4. The van der Waals surface area contributed by atoms with Gasteiger partial charge in [-0.15, -0.1) is 11.6 Å². The zero-order valence-electron chi connectivity index (χ0n) is 11.6. The van der Waals surface area contributed by atoms with Gasteiger partial charge in [0.1, 0.15) is 17.2 Å². The minimum atomic E-state index is -0.619. The topological polar surface area (TPSA) is 27.1 Å². The molecule has 114 valence electrons. The van der Waals surface area contributed by atoms with E-state index in [1.807, 2.05) is 4.57 Å². The fraction of sp³-hybridized carbons (Fsp3) is 0.533. The quantitative estimate of drug-likeness (QED) is 0.807. The van der Waals surface area contributed by atoms with Crippen molar-refractivity contribution in [3.63, 3.8) is 0 Å². The van der Waals surface area contributed by atoms with Crippen molar-refractivity contribution in [2.24, 2.45) is 5.92 Å². The highest BCUT2D eigenvalue weighted by atomic mass is 35.5. The van der Waals surface area contributed by atoms with Gasteiger partial charge in [-0.25, -0.2) is 13.8 Å². The Labute approximate surface area is 126 Å². The van der Waals surface area contributed by atoms with Crippen LogP contribution in [0.2, 0.25) is 0 Å². The number of imidazole rings is 1. The van der Waals surface area contributed by atoms with Crippen molar-refractivity contribution in [1.29, 1.82) is 0 Å². The van der Waals surface area contributed by atoms with Crippen molar-refractivity contribution >= 4 is 22.6 Å². The molecule has 21 heavy (non-hydrogen) atoms. The molecule has 2 heterocycles. The molecule has 0 radical (unpaired) electrons. The Balaban J connectivity index is 2.02. The third kappa shape index (κ3) is 3.04. The number of halogens is 3.